The van der Waals surface area contributed by atoms with E-state index in [1.807, 2.05) is 12.1 Å². The van der Waals surface area contributed by atoms with Crippen molar-refractivity contribution in [2.24, 2.45) is 0 Å². The van der Waals surface area contributed by atoms with Crippen LogP contribution in [0.3, 0.4) is 0 Å². The molecule has 7 aromatic rings. The molecular weight excluding hydrogens is 510 g/mol. The summed E-state index contributed by atoms with van der Waals surface area (Å²) in [5.41, 5.74) is 11.2. The van der Waals surface area contributed by atoms with E-state index in [1.54, 1.807) is 0 Å². The summed E-state index contributed by atoms with van der Waals surface area (Å²) in [6.07, 6.45) is 0. The average molecular weight is 544 g/mol. The molecule has 0 saturated heterocycles. The summed E-state index contributed by atoms with van der Waals surface area (Å²) < 4.78 is 6.19. The molecule has 1 heterocycles. The van der Waals surface area contributed by atoms with Crippen LogP contribution in [0.15, 0.2) is 150 Å². The lowest BCUT2D eigenvalue weighted by molar-refractivity contribution is 0.591. The minimum Gasteiger partial charge on any atom is -0.456 e. The topological polar surface area (TPSA) is 16.4 Å². The van der Waals surface area contributed by atoms with Gasteiger partial charge in [0.1, 0.15) is 11.2 Å². The molecule has 0 atom stereocenters. The molecule has 1 aromatic heterocycles. The Bertz CT molecular complexity index is 2000. The van der Waals surface area contributed by atoms with E-state index >= 15 is 0 Å². The monoisotopic (exact) mass is 543 g/mol. The molecule has 0 fully saturated rings. The number of hydrogen-bond acceptors (Lipinski definition) is 2. The Hall–Kier alpha value is -5.08. The normalized spacial score (nSPS) is 11.7. The van der Waals surface area contributed by atoms with Crippen LogP contribution >= 0.6 is 0 Å². The van der Waals surface area contributed by atoms with Crippen LogP contribution in [0, 0.1) is 0 Å². The van der Waals surface area contributed by atoms with Crippen LogP contribution in [-0.4, -0.2) is 0 Å². The third kappa shape index (κ3) is 4.76. The van der Waals surface area contributed by atoms with Gasteiger partial charge in [-0.1, -0.05) is 118 Å². The van der Waals surface area contributed by atoms with Gasteiger partial charge in [-0.2, -0.15) is 0 Å². The molecule has 0 amide bonds. The lowest BCUT2D eigenvalue weighted by atomic mass is 9.83. The van der Waals surface area contributed by atoms with E-state index in [-0.39, 0.29) is 5.41 Å². The molecule has 0 unspecified atom stereocenters. The van der Waals surface area contributed by atoms with E-state index in [9.17, 15) is 0 Å². The third-order valence-electron chi connectivity index (χ3n) is 8.00. The van der Waals surface area contributed by atoms with Gasteiger partial charge in [0.2, 0.25) is 0 Å². The number of fused-ring (bicyclic) bond motifs is 3. The van der Waals surface area contributed by atoms with Crippen molar-refractivity contribution in [3.8, 4) is 22.3 Å². The first-order valence-corrected chi connectivity index (χ1v) is 14.5. The van der Waals surface area contributed by atoms with Gasteiger partial charge >= 0.3 is 0 Å². The zero-order valence-corrected chi connectivity index (χ0v) is 24.2. The molecule has 0 bridgehead atoms. The summed E-state index contributed by atoms with van der Waals surface area (Å²) >= 11 is 0. The Morgan fingerprint density at radius 3 is 1.69 bits per heavy atom. The first-order chi connectivity index (χ1) is 20.5. The van der Waals surface area contributed by atoms with Crippen molar-refractivity contribution in [1.29, 1.82) is 0 Å². The van der Waals surface area contributed by atoms with Crippen LogP contribution in [0.5, 0.6) is 0 Å². The van der Waals surface area contributed by atoms with Gasteiger partial charge in [0.25, 0.3) is 0 Å². The summed E-state index contributed by atoms with van der Waals surface area (Å²) in [5.74, 6) is 0. The first kappa shape index (κ1) is 25.9. The lowest BCUT2D eigenvalue weighted by Gasteiger charge is -2.32. The lowest BCUT2D eigenvalue weighted by Crippen LogP contribution is -2.19. The van der Waals surface area contributed by atoms with Crippen molar-refractivity contribution >= 4 is 39.0 Å². The quantitative estimate of drug-likeness (QED) is 0.215. The molecule has 6 aromatic carbocycles. The van der Waals surface area contributed by atoms with Gasteiger partial charge < -0.3 is 9.32 Å². The van der Waals surface area contributed by atoms with Gasteiger partial charge in [-0.25, -0.2) is 0 Å². The molecule has 0 aliphatic carbocycles. The molecule has 0 saturated carbocycles. The maximum Gasteiger partial charge on any atom is 0.135 e. The van der Waals surface area contributed by atoms with Crippen LogP contribution in [0.1, 0.15) is 26.3 Å². The Kier molecular flexibility index (Phi) is 6.40. The molecular formula is C40H33NO. The SMILES string of the molecule is CC(C)(C)c1cc(-c2ccccc2)ccc1N(c1ccc(-c2ccccc2)cc1)c1ccc2oc3ccccc3c2c1. The zero-order chi connectivity index (χ0) is 28.7. The predicted octanol–water partition coefficient (Wildman–Crippen LogP) is 11.7. The van der Waals surface area contributed by atoms with Crippen molar-refractivity contribution < 1.29 is 4.42 Å². The van der Waals surface area contributed by atoms with Crippen molar-refractivity contribution in [1.82, 2.24) is 0 Å². The minimum atomic E-state index is -0.0885. The highest BCUT2D eigenvalue weighted by Crippen LogP contribution is 2.44. The van der Waals surface area contributed by atoms with Crippen molar-refractivity contribution in [2.75, 3.05) is 4.90 Å². The molecule has 0 N–H and O–H groups in total. The second kappa shape index (κ2) is 10.4. The second-order valence-electron chi connectivity index (χ2n) is 11.9. The fourth-order valence-electron chi connectivity index (χ4n) is 5.86. The highest BCUT2D eigenvalue weighted by atomic mass is 16.3. The fourth-order valence-corrected chi connectivity index (χ4v) is 5.86. The molecule has 7 rings (SSSR count). The standard InChI is InChI=1S/C40H33NO/c1-40(2,3)36-26-31(29-14-8-5-9-15-29)20-24-37(36)41(32-21-18-30(19-22-32)28-12-6-4-7-13-28)33-23-25-39-35(27-33)34-16-10-11-17-38(34)42-39/h4-27H,1-3H3. The maximum absolute atomic E-state index is 6.19. The zero-order valence-electron chi connectivity index (χ0n) is 24.2. The second-order valence-corrected chi connectivity index (χ2v) is 11.9. The highest BCUT2D eigenvalue weighted by molar-refractivity contribution is 6.06. The maximum atomic E-state index is 6.19. The molecule has 2 heteroatoms. The van der Waals surface area contributed by atoms with E-state index in [2.05, 4.69) is 159 Å². The van der Waals surface area contributed by atoms with E-state index in [1.165, 1.54) is 33.5 Å². The molecule has 0 radical (unpaired) electrons. The van der Waals surface area contributed by atoms with Gasteiger partial charge in [-0.3, -0.25) is 0 Å². The summed E-state index contributed by atoms with van der Waals surface area (Å²) in [6.45, 7) is 6.89. The molecule has 0 aliphatic rings. The summed E-state index contributed by atoms with van der Waals surface area (Å²) in [6, 6.07) is 51.8. The average Bonchev–Trinajstić information content (AvgIpc) is 3.40. The van der Waals surface area contributed by atoms with Crippen molar-refractivity contribution in [3.05, 3.63) is 151 Å². The summed E-state index contributed by atoms with van der Waals surface area (Å²) in [5, 5.41) is 2.25. The smallest absolute Gasteiger partial charge is 0.135 e. The largest absolute Gasteiger partial charge is 0.456 e. The Balaban J connectivity index is 1.44. The van der Waals surface area contributed by atoms with E-state index in [4.69, 9.17) is 4.42 Å². The van der Waals surface area contributed by atoms with Gasteiger partial charge in [0, 0.05) is 27.8 Å². The number of rotatable bonds is 5. The van der Waals surface area contributed by atoms with Crippen LogP contribution in [0.25, 0.3) is 44.2 Å². The Morgan fingerprint density at radius 1 is 0.452 bits per heavy atom. The molecule has 2 nitrogen and oxygen atoms in total. The van der Waals surface area contributed by atoms with E-state index < -0.39 is 0 Å². The van der Waals surface area contributed by atoms with Crippen LogP contribution < -0.4 is 4.90 Å². The number of benzene rings is 6. The number of hydrogen-bond donors (Lipinski definition) is 0. The Labute approximate surface area is 247 Å². The first-order valence-electron chi connectivity index (χ1n) is 14.5. The molecule has 0 spiro atoms. The van der Waals surface area contributed by atoms with Crippen LogP contribution in [0.4, 0.5) is 17.1 Å². The summed E-state index contributed by atoms with van der Waals surface area (Å²) in [4.78, 5) is 2.39. The van der Waals surface area contributed by atoms with Crippen molar-refractivity contribution in [2.45, 2.75) is 26.2 Å². The van der Waals surface area contributed by atoms with Crippen LogP contribution in [-0.2, 0) is 5.41 Å². The molecule has 204 valence electrons. The predicted molar refractivity (Wildman–Crippen MR) is 178 cm³/mol. The van der Waals surface area contributed by atoms with Gasteiger partial charge in [-0.05, 0) is 81.8 Å². The van der Waals surface area contributed by atoms with Gasteiger partial charge in [0.15, 0.2) is 0 Å². The number of nitrogens with zero attached hydrogens (tertiary/aromatic N) is 1. The van der Waals surface area contributed by atoms with E-state index in [0.717, 1.165) is 33.3 Å². The summed E-state index contributed by atoms with van der Waals surface area (Å²) in [7, 11) is 0. The fraction of sp³-hybridized carbons (Fsp3) is 0.100. The molecule has 42 heavy (non-hydrogen) atoms. The number of anilines is 3. The van der Waals surface area contributed by atoms with Gasteiger partial charge in [0.05, 0.1) is 0 Å². The Morgan fingerprint density at radius 2 is 1.00 bits per heavy atom. The number of furan rings is 1. The minimum absolute atomic E-state index is 0.0885. The van der Waals surface area contributed by atoms with Crippen molar-refractivity contribution in [3.63, 3.8) is 0 Å². The van der Waals surface area contributed by atoms with E-state index in [0.29, 0.717) is 0 Å². The van der Waals surface area contributed by atoms with Crippen LogP contribution in [0.2, 0.25) is 0 Å². The van der Waals surface area contributed by atoms with Gasteiger partial charge in [-0.15, -0.1) is 0 Å². The third-order valence-corrected chi connectivity index (χ3v) is 8.00. The number of para-hydroxylation sites is 1. The highest BCUT2D eigenvalue weighted by Gasteiger charge is 2.25. The molecule has 0 aliphatic heterocycles.